The fourth-order valence-corrected chi connectivity index (χ4v) is 3.93. The smallest absolute Gasteiger partial charge is 0.309 e. The first-order valence-corrected chi connectivity index (χ1v) is 11.1. The number of piperidine rings is 1. The summed E-state index contributed by atoms with van der Waals surface area (Å²) in [6.45, 7) is 7.86. The lowest BCUT2D eigenvalue weighted by Gasteiger charge is -2.34. The van der Waals surface area contributed by atoms with Gasteiger partial charge in [-0.15, -0.1) is 0 Å². The minimum Gasteiger partial charge on any atom is -0.455 e. The van der Waals surface area contributed by atoms with Gasteiger partial charge in [-0.1, -0.05) is 39.0 Å². The molecule has 1 aromatic heterocycles. The highest BCUT2D eigenvalue weighted by Crippen LogP contribution is 2.24. The van der Waals surface area contributed by atoms with E-state index >= 15 is 0 Å². The Balaban J connectivity index is 1.56. The lowest BCUT2D eigenvalue weighted by Crippen LogP contribution is -2.45. The number of nitrogens with one attached hydrogen (secondary N) is 1. The summed E-state index contributed by atoms with van der Waals surface area (Å²) in [7, 11) is 1.73. The molecule has 0 aliphatic carbocycles. The molecule has 0 unspecified atom stereocenters. The van der Waals surface area contributed by atoms with E-state index in [-0.39, 0.29) is 23.1 Å². The summed E-state index contributed by atoms with van der Waals surface area (Å²) >= 11 is 0. The number of carbonyl (C=O) groups is 3. The minimum absolute atomic E-state index is 0.0630. The quantitative estimate of drug-likeness (QED) is 0.696. The molecule has 0 atom stereocenters. The predicted molar refractivity (Wildman–Crippen MR) is 124 cm³/mol. The number of likely N-dealkylation sites (tertiary alicyclic amines) is 1. The molecule has 3 rings (SSSR count). The predicted octanol–water partition coefficient (Wildman–Crippen LogP) is 2.25. The maximum absolute atomic E-state index is 12.9. The number of esters is 1. The number of amides is 2. The second-order valence-electron chi connectivity index (χ2n) is 9.41. The van der Waals surface area contributed by atoms with Gasteiger partial charge in [0.05, 0.1) is 17.3 Å². The molecule has 1 aromatic carbocycles. The van der Waals surface area contributed by atoms with Gasteiger partial charge in [0.2, 0.25) is 5.91 Å². The van der Waals surface area contributed by atoms with E-state index in [4.69, 9.17) is 4.74 Å². The molecule has 0 radical (unpaired) electrons. The molecule has 2 aromatic rings. The van der Waals surface area contributed by atoms with Gasteiger partial charge in [-0.05, 0) is 31.9 Å². The Morgan fingerprint density at radius 3 is 2.27 bits per heavy atom. The first-order valence-electron chi connectivity index (χ1n) is 11.1. The molecular weight excluding hydrogens is 424 g/mol. The third-order valence-corrected chi connectivity index (χ3v) is 5.92. The van der Waals surface area contributed by atoms with Crippen LogP contribution in [0.3, 0.4) is 0 Å². The van der Waals surface area contributed by atoms with E-state index in [1.54, 1.807) is 35.7 Å². The average Bonchev–Trinajstić information content (AvgIpc) is 3.00. The fraction of sp³-hybridized carbons (Fsp3) is 0.500. The summed E-state index contributed by atoms with van der Waals surface area (Å²) < 4.78 is 8.33. The van der Waals surface area contributed by atoms with E-state index in [9.17, 15) is 19.2 Å². The van der Waals surface area contributed by atoms with Crippen molar-refractivity contribution in [3.05, 3.63) is 46.4 Å². The molecule has 0 saturated carbocycles. The van der Waals surface area contributed by atoms with E-state index in [1.165, 1.54) is 4.68 Å². The zero-order valence-corrected chi connectivity index (χ0v) is 19.9. The van der Waals surface area contributed by atoms with Crippen LogP contribution in [0.5, 0.6) is 0 Å². The summed E-state index contributed by atoms with van der Waals surface area (Å²) in [6, 6.07) is 9.10. The van der Waals surface area contributed by atoms with Gasteiger partial charge < -0.3 is 15.0 Å². The number of hydrogen-bond acceptors (Lipinski definition) is 5. The number of benzene rings is 1. The van der Waals surface area contributed by atoms with Crippen molar-refractivity contribution in [2.24, 2.45) is 18.4 Å². The molecule has 2 heterocycles. The van der Waals surface area contributed by atoms with Crippen LogP contribution in [0, 0.1) is 18.3 Å². The fourth-order valence-electron chi connectivity index (χ4n) is 3.93. The van der Waals surface area contributed by atoms with Gasteiger partial charge >= 0.3 is 5.97 Å². The number of anilines is 1. The molecule has 1 aliphatic rings. The number of nitrogens with zero attached hydrogens (tertiary/aromatic N) is 3. The van der Waals surface area contributed by atoms with Crippen LogP contribution in [0.15, 0.2) is 35.1 Å². The van der Waals surface area contributed by atoms with Gasteiger partial charge in [0.15, 0.2) is 6.61 Å². The van der Waals surface area contributed by atoms with Crippen LogP contribution in [-0.2, 0) is 26.2 Å². The standard InChI is InChI=1S/C24H32N4O5/c1-16-20(21(30)28(26(16)5)18-9-7-6-8-10-18)25-19(29)15-33-22(31)17-11-13-27(14-12-17)23(32)24(2,3)4/h6-10,17H,11-15H2,1-5H3,(H,25,29). The molecular formula is C24H32N4O5. The number of hydrogen-bond donors (Lipinski definition) is 1. The highest BCUT2D eigenvalue weighted by molar-refractivity contribution is 5.93. The molecule has 178 valence electrons. The van der Waals surface area contributed by atoms with Crippen LogP contribution in [0.25, 0.3) is 5.69 Å². The lowest BCUT2D eigenvalue weighted by atomic mass is 9.91. The Kier molecular flexibility index (Phi) is 7.09. The summed E-state index contributed by atoms with van der Waals surface area (Å²) in [6.07, 6.45) is 1.00. The second-order valence-corrected chi connectivity index (χ2v) is 9.41. The van der Waals surface area contributed by atoms with Crippen LogP contribution in [0.4, 0.5) is 5.69 Å². The van der Waals surface area contributed by atoms with Crippen LogP contribution >= 0.6 is 0 Å². The first-order chi connectivity index (χ1) is 15.5. The van der Waals surface area contributed by atoms with Gasteiger partial charge in [-0.3, -0.25) is 23.9 Å². The Bertz CT molecular complexity index is 1090. The molecule has 33 heavy (non-hydrogen) atoms. The van der Waals surface area contributed by atoms with E-state index < -0.39 is 23.9 Å². The molecule has 9 nitrogen and oxygen atoms in total. The number of rotatable bonds is 5. The van der Waals surface area contributed by atoms with Crippen LogP contribution in [-0.4, -0.2) is 51.7 Å². The summed E-state index contributed by atoms with van der Waals surface area (Å²) in [5.41, 5.74) is 0.587. The monoisotopic (exact) mass is 456 g/mol. The summed E-state index contributed by atoms with van der Waals surface area (Å²) in [5.74, 6) is -1.32. The highest BCUT2D eigenvalue weighted by Gasteiger charge is 2.33. The normalized spacial score (nSPS) is 14.8. The number of ether oxygens (including phenoxy) is 1. The van der Waals surface area contributed by atoms with Crippen molar-refractivity contribution in [3.63, 3.8) is 0 Å². The molecule has 2 amide bonds. The van der Waals surface area contributed by atoms with Crippen molar-refractivity contribution < 1.29 is 19.1 Å². The van der Waals surface area contributed by atoms with Crippen molar-refractivity contribution >= 4 is 23.5 Å². The number of carbonyl (C=O) groups excluding carboxylic acids is 3. The molecule has 1 aliphatic heterocycles. The maximum atomic E-state index is 12.9. The van der Waals surface area contributed by atoms with Gasteiger partial charge in [-0.2, -0.15) is 0 Å². The lowest BCUT2D eigenvalue weighted by molar-refractivity contribution is -0.155. The number of aromatic nitrogens is 2. The molecule has 1 N–H and O–H groups in total. The van der Waals surface area contributed by atoms with Gasteiger partial charge in [-0.25, -0.2) is 4.68 Å². The SMILES string of the molecule is Cc1c(NC(=O)COC(=O)C2CCN(C(=O)C(C)(C)C)CC2)c(=O)n(-c2ccccc2)n1C. The van der Waals surface area contributed by atoms with E-state index in [1.807, 2.05) is 39.0 Å². The van der Waals surface area contributed by atoms with Crippen molar-refractivity contribution in [3.8, 4) is 5.69 Å². The van der Waals surface area contributed by atoms with Crippen molar-refractivity contribution in [1.82, 2.24) is 14.3 Å². The Morgan fingerprint density at radius 2 is 1.70 bits per heavy atom. The van der Waals surface area contributed by atoms with Crippen molar-refractivity contribution in [1.29, 1.82) is 0 Å². The third kappa shape index (κ3) is 5.35. The minimum atomic E-state index is -0.574. The summed E-state index contributed by atoms with van der Waals surface area (Å²) in [5, 5.41) is 2.58. The topological polar surface area (TPSA) is 103 Å². The third-order valence-electron chi connectivity index (χ3n) is 5.92. The Labute approximate surface area is 193 Å². The van der Waals surface area contributed by atoms with Gasteiger partial charge in [0.25, 0.3) is 11.5 Å². The van der Waals surface area contributed by atoms with Gasteiger partial charge in [0, 0.05) is 25.6 Å². The molecule has 1 saturated heterocycles. The van der Waals surface area contributed by atoms with Crippen LogP contribution < -0.4 is 10.9 Å². The second kappa shape index (κ2) is 9.64. The maximum Gasteiger partial charge on any atom is 0.309 e. The average molecular weight is 457 g/mol. The Morgan fingerprint density at radius 1 is 1.09 bits per heavy atom. The zero-order chi connectivity index (χ0) is 24.3. The van der Waals surface area contributed by atoms with Crippen molar-refractivity contribution in [2.45, 2.75) is 40.5 Å². The molecule has 9 heteroatoms. The van der Waals surface area contributed by atoms with Crippen molar-refractivity contribution in [2.75, 3.05) is 25.0 Å². The van der Waals surface area contributed by atoms with Crippen LogP contribution in [0.1, 0.15) is 39.3 Å². The molecule has 1 fully saturated rings. The summed E-state index contributed by atoms with van der Waals surface area (Å²) in [4.78, 5) is 51.9. The van der Waals surface area contributed by atoms with Crippen LogP contribution in [0.2, 0.25) is 0 Å². The van der Waals surface area contributed by atoms with E-state index in [2.05, 4.69) is 5.32 Å². The van der Waals surface area contributed by atoms with Gasteiger partial charge in [0.1, 0.15) is 5.69 Å². The molecule has 0 bridgehead atoms. The largest absolute Gasteiger partial charge is 0.455 e. The highest BCUT2D eigenvalue weighted by atomic mass is 16.5. The Hall–Kier alpha value is -3.36. The first kappa shape index (κ1) is 24.3. The zero-order valence-electron chi connectivity index (χ0n) is 19.9. The molecule has 0 spiro atoms. The van der Waals surface area contributed by atoms with E-state index in [0.717, 1.165) is 0 Å². The van der Waals surface area contributed by atoms with E-state index in [0.29, 0.717) is 37.3 Å². The number of para-hydroxylation sites is 1.